The second-order valence-corrected chi connectivity index (χ2v) is 19.0. The van der Waals surface area contributed by atoms with E-state index in [1.165, 1.54) is 193 Å². The Labute approximate surface area is 393 Å². The first-order valence-electron chi connectivity index (χ1n) is 27.2. The summed E-state index contributed by atoms with van der Waals surface area (Å²) in [6.07, 6.45) is 50.6. The largest absolute Gasteiger partial charge is 0.394 e. The SMILES string of the molecule is CCCCCCCC/C=C\CCCCCCCCCCCC(=O)NC(COC1OC(CO)C(O)C(O)C1O)C(O)/C=C/CC/C=C/CCCCCCCCCCCCCCCCCC. The molecule has 1 heterocycles. The Morgan fingerprint density at radius 2 is 0.891 bits per heavy atom. The molecule has 1 aliphatic rings. The fourth-order valence-electron chi connectivity index (χ4n) is 8.58. The van der Waals surface area contributed by atoms with Gasteiger partial charge in [0.2, 0.25) is 5.91 Å². The number of nitrogens with one attached hydrogen (secondary N) is 1. The number of allylic oxidation sites excluding steroid dienone is 5. The fourth-order valence-corrected chi connectivity index (χ4v) is 8.58. The number of ether oxygens (including phenoxy) is 2. The van der Waals surface area contributed by atoms with Crippen molar-refractivity contribution in [3.8, 4) is 0 Å². The van der Waals surface area contributed by atoms with Gasteiger partial charge < -0.3 is 40.3 Å². The summed E-state index contributed by atoms with van der Waals surface area (Å²) >= 11 is 0. The fraction of sp³-hybridized carbons (Fsp3) is 0.873. The molecule has 0 aromatic heterocycles. The van der Waals surface area contributed by atoms with Crippen LogP contribution in [0.25, 0.3) is 0 Å². The maximum absolute atomic E-state index is 13.0. The normalized spacial score (nSPS) is 20.3. The summed E-state index contributed by atoms with van der Waals surface area (Å²) in [5, 5.41) is 54.4. The lowest BCUT2D eigenvalue weighted by Crippen LogP contribution is -2.60. The highest BCUT2D eigenvalue weighted by molar-refractivity contribution is 5.76. The van der Waals surface area contributed by atoms with E-state index in [1.54, 1.807) is 6.08 Å². The van der Waals surface area contributed by atoms with E-state index in [0.717, 1.165) is 38.5 Å². The number of hydrogen-bond donors (Lipinski definition) is 6. The maximum Gasteiger partial charge on any atom is 0.220 e. The lowest BCUT2D eigenvalue weighted by Gasteiger charge is -2.40. The number of amides is 1. The van der Waals surface area contributed by atoms with Gasteiger partial charge in [0.15, 0.2) is 6.29 Å². The molecule has 0 aromatic carbocycles. The predicted octanol–water partition coefficient (Wildman–Crippen LogP) is 12.8. The van der Waals surface area contributed by atoms with Gasteiger partial charge in [-0.2, -0.15) is 0 Å². The molecule has 1 saturated heterocycles. The summed E-state index contributed by atoms with van der Waals surface area (Å²) in [7, 11) is 0. The van der Waals surface area contributed by atoms with Gasteiger partial charge in [0.1, 0.15) is 24.4 Å². The van der Waals surface area contributed by atoms with Crippen LogP contribution in [0, 0.1) is 0 Å². The van der Waals surface area contributed by atoms with Crippen LogP contribution in [-0.2, 0) is 14.3 Å². The van der Waals surface area contributed by atoms with Gasteiger partial charge in [-0.1, -0.05) is 224 Å². The van der Waals surface area contributed by atoms with Crippen LogP contribution in [0.5, 0.6) is 0 Å². The van der Waals surface area contributed by atoms with Crippen molar-refractivity contribution in [3.63, 3.8) is 0 Å². The first kappa shape index (κ1) is 60.4. The van der Waals surface area contributed by atoms with Crippen LogP contribution in [0.4, 0.5) is 0 Å². The van der Waals surface area contributed by atoms with Crippen LogP contribution in [0.15, 0.2) is 36.5 Å². The molecule has 6 N–H and O–H groups in total. The van der Waals surface area contributed by atoms with E-state index in [1.807, 2.05) is 6.08 Å². The van der Waals surface area contributed by atoms with Crippen LogP contribution in [0.1, 0.15) is 251 Å². The Balaban J connectivity index is 2.29. The minimum absolute atomic E-state index is 0.187. The van der Waals surface area contributed by atoms with Gasteiger partial charge >= 0.3 is 0 Å². The van der Waals surface area contributed by atoms with Gasteiger partial charge in [-0.05, 0) is 57.8 Å². The molecule has 1 rings (SSSR count). The van der Waals surface area contributed by atoms with Crippen molar-refractivity contribution in [2.24, 2.45) is 0 Å². The lowest BCUT2D eigenvalue weighted by molar-refractivity contribution is -0.302. The van der Waals surface area contributed by atoms with E-state index in [9.17, 15) is 30.3 Å². The van der Waals surface area contributed by atoms with Crippen molar-refractivity contribution >= 4 is 5.91 Å². The minimum atomic E-state index is -1.57. The van der Waals surface area contributed by atoms with Gasteiger partial charge in [-0.3, -0.25) is 4.79 Å². The number of aliphatic hydroxyl groups excluding tert-OH is 5. The molecule has 1 aliphatic heterocycles. The predicted molar refractivity (Wildman–Crippen MR) is 267 cm³/mol. The van der Waals surface area contributed by atoms with Crippen molar-refractivity contribution in [3.05, 3.63) is 36.5 Å². The van der Waals surface area contributed by atoms with Crippen LogP contribution < -0.4 is 5.32 Å². The third-order valence-electron chi connectivity index (χ3n) is 12.9. The highest BCUT2D eigenvalue weighted by Crippen LogP contribution is 2.23. The van der Waals surface area contributed by atoms with Crippen molar-refractivity contribution in [1.82, 2.24) is 5.32 Å². The van der Waals surface area contributed by atoms with E-state index in [2.05, 4.69) is 43.5 Å². The monoisotopic (exact) mass is 906 g/mol. The van der Waals surface area contributed by atoms with Gasteiger partial charge in [-0.15, -0.1) is 0 Å². The molecule has 376 valence electrons. The number of unbranched alkanes of at least 4 members (excludes halogenated alkanes) is 32. The quantitative estimate of drug-likeness (QED) is 0.0261. The first-order valence-corrected chi connectivity index (χ1v) is 27.2. The molecular formula is C55H103NO8. The topological polar surface area (TPSA) is 149 Å². The molecule has 7 unspecified atom stereocenters. The van der Waals surface area contributed by atoms with Crippen LogP contribution >= 0.6 is 0 Å². The van der Waals surface area contributed by atoms with E-state index in [0.29, 0.717) is 6.42 Å². The third-order valence-corrected chi connectivity index (χ3v) is 12.9. The van der Waals surface area contributed by atoms with E-state index in [-0.39, 0.29) is 12.5 Å². The van der Waals surface area contributed by atoms with Gasteiger partial charge in [0.25, 0.3) is 0 Å². The molecule has 0 radical (unpaired) electrons. The summed E-state index contributed by atoms with van der Waals surface area (Å²) in [5.74, 6) is -0.187. The van der Waals surface area contributed by atoms with Gasteiger partial charge in [0.05, 0.1) is 25.4 Å². The van der Waals surface area contributed by atoms with Crippen LogP contribution in [0.2, 0.25) is 0 Å². The van der Waals surface area contributed by atoms with Crippen LogP contribution in [-0.4, -0.2) is 87.5 Å². The average Bonchev–Trinajstić information content (AvgIpc) is 3.29. The van der Waals surface area contributed by atoms with Crippen molar-refractivity contribution < 1.29 is 39.8 Å². The van der Waals surface area contributed by atoms with Crippen molar-refractivity contribution in [1.29, 1.82) is 0 Å². The summed E-state index contributed by atoms with van der Waals surface area (Å²) < 4.78 is 11.2. The van der Waals surface area contributed by atoms with Gasteiger partial charge in [-0.25, -0.2) is 0 Å². The number of hydrogen-bond acceptors (Lipinski definition) is 8. The smallest absolute Gasteiger partial charge is 0.220 e. The molecule has 0 aliphatic carbocycles. The molecule has 9 nitrogen and oxygen atoms in total. The summed E-state index contributed by atoms with van der Waals surface area (Å²) in [4.78, 5) is 13.0. The average molecular weight is 906 g/mol. The Hall–Kier alpha value is -1.59. The molecule has 7 atom stereocenters. The third kappa shape index (κ3) is 34.7. The second kappa shape index (κ2) is 45.2. The molecule has 1 amide bonds. The summed E-state index contributed by atoms with van der Waals surface area (Å²) in [6, 6.07) is -0.822. The maximum atomic E-state index is 13.0. The minimum Gasteiger partial charge on any atom is -0.394 e. The first-order chi connectivity index (χ1) is 31.3. The zero-order chi connectivity index (χ0) is 46.6. The highest BCUT2D eigenvalue weighted by atomic mass is 16.7. The molecule has 0 spiro atoms. The number of carbonyl (C=O) groups excluding carboxylic acids is 1. The zero-order valence-corrected chi connectivity index (χ0v) is 41.5. The molecule has 1 fully saturated rings. The second-order valence-electron chi connectivity index (χ2n) is 19.0. The number of aliphatic hydroxyl groups is 5. The number of carbonyl (C=O) groups is 1. The van der Waals surface area contributed by atoms with E-state index < -0.39 is 49.5 Å². The van der Waals surface area contributed by atoms with Crippen molar-refractivity contribution in [2.45, 2.75) is 294 Å². The lowest BCUT2D eigenvalue weighted by atomic mass is 9.99. The molecule has 0 bridgehead atoms. The molecular weight excluding hydrogens is 803 g/mol. The molecule has 0 saturated carbocycles. The Morgan fingerprint density at radius 3 is 1.31 bits per heavy atom. The van der Waals surface area contributed by atoms with Gasteiger partial charge in [0, 0.05) is 6.42 Å². The van der Waals surface area contributed by atoms with Crippen LogP contribution in [0.3, 0.4) is 0 Å². The highest BCUT2D eigenvalue weighted by Gasteiger charge is 2.44. The number of rotatable bonds is 46. The van der Waals surface area contributed by atoms with E-state index >= 15 is 0 Å². The Bertz CT molecular complexity index is 1100. The Morgan fingerprint density at radius 1 is 0.516 bits per heavy atom. The summed E-state index contributed by atoms with van der Waals surface area (Å²) in [6.45, 7) is 3.78. The van der Waals surface area contributed by atoms with E-state index in [4.69, 9.17) is 9.47 Å². The molecule has 64 heavy (non-hydrogen) atoms. The van der Waals surface area contributed by atoms with Crippen molar-refractivity contribution in [2.75, 3.05) is 13.2 Å². The molecule has 0 aromatic rings. The summed E-state index contributed by atoms with van der Waals surface area (Å²) in [5.41, 5.74) is 0. The standard InChI is InChI=1S/C55H103NO8/c1-3-5-7-9-11-13-15-17-19-21-23-24-25-27-28-30-32-34-36-38-40-42-44-49(58)48(47-63-55-54(62)53(61)52(60)50(46-57)64-55)56-51(59)45-43-41-39-37-35-33-31-29-26-22-20-18-16-14-12-10-8-6-4-2/h18,20,34,36,42,44,48-50,52-55,57-58,60-62H,3-17,19,21-33,35,37-41,43,45-47H2,1-2H3,(H,56,59)/b20-18-,36-34+,44-42+. The zero-order valence-electron chi connectivity index (χ0n) is 41.5. The molecule has 9 heteroatoms. The Kier molecular flexibility index (Phi) is 42.7.